The van der Waals surface area contributed by atoms with Crippen LogP contribution in [0.5, 0.6) is 0 Å². The highest BCUT2D eigenvalue weighted by Crippen LogP contribution is 2.41. The van der Waals surface area contributed by atoms with Crippen molar-refractivity contribution in [3.63, 3.8) is 0 Å². The second-order valence-corrected chi connectivity index (χ2v) is 10.9. The van der Waals surface area contributed by atoms with E-state index >= 15 is 0 Å². The quantitative estimate of drug-likeness (QED) is 0.486. The molecule has 1 aliphatic rings. The number of hydrogen-bond acceptors (Lipinski definition) is 5. The Morgan fingerprint density at radius 2 is 1.62 bits per heavy atom. The van der Waals surface area contributed by atoms with Crippen LogP contribution in [-0.2, 0) is 10.0 Å². The molecule has 2 aromatic carbocycles. The Hall–Kier alpha value is -0.590. The van der Waals surface area contributed by atoms with Crippen molar-refractivity contribution in [2.45, 2.75) is 23.8 Å². The molecule has 13 heteroatoms. The van der Waals surface area contributed by atoms with E-state index in [2.05, 4.69) is 31.9 Å². The maximum Gasteiger partial charge on any atom is 0.343 e. The van der Waals surface area contributed by atoms with Crippen molar-refractivity contribution in [3.8, 4) is 0 Å². The topological polar surface area (TPSA) is 98.1 Å². The monoisotopic (exact) mass is 606 g/mol. The zero-order chi connectivity index (χ0) is 21.9. The number of urea groups is 1. The number of sulfonamides is 1. The highest BCUT2D eigenvalue weighted by atomic mass is 79.9. The summed E-state index contributed by atoms with van der Waals surface area (Å²) in [6.07, 6.45) is -2.12. The van der Waals surface area contributed by atoms with Gasteiger partial charge in [-0.15, -0.1) is 0 Å². The molecule has 2 atom stereocenters. The van der Waals surface area contributed by atoms with Crippen LogP contribution in [0.25, 0.3) is 0 Å². The lowest BCUT2D eigenvalue weighted by molar-refractivity contribution is -0.0689. The number of aliphatic hydroxyl groups is 2. The number of hydrogen-bond donors (Lipinski definition) is 2. The van der Waals surface area contributed by atoms with E-state index in [0.717, 1.165) is 24.0 Å². The SMILES string of the molecule is CC1(O)C(O)N(S(=O)(=O)c2cc(Cl)c(Cl)c(Cl)c2)C(=O)N1c1ccc(Br)c(Br)c1. The maximum absolute atomic E-state index is 13.1. The van der Waals surface area contributed by atoms with Crippen molar-refractivity contribution < 1.29 is 23.4 Å². The van der Waals surface area contributed by atoms with Gasteiger partial charge in [0.25, 0.3) is 10.0 Å². The van der Waals surface area contributed by atoms with E-state index in [0.29, 0.717) is 8.95 Å². The van der Waals surface area contributed by atoms with Crippen LogP contribution in [0.1, 0.15) is 6.92 Å². The first-order valence-corrected chi connectivity index (χ1v) is 11.8. The fourth-order valence-electron chi connectivity index (χ4n) is 2.76. The van der Waals surface area contributed by atoms with E-state index in [1.807, 2.05) is 0 Å². The molecular weight excluding hydrogens is 598 g/mol. The molecule has 0 saturated carbocycles. The van der Waals surface area contributed by atoms with Crippen LogP contribution in [0.2, 0.25) is 15.1 Å². The summed E-state index contributed by atoms with van der Waals surface area (Å²) in [5.41, 5.74) is -2.11. The van der Waals surface area contributed by atoms with Gasteiger partial charge in [0.15, 0.2) is 12.0 Å². The van der Waals surface area contributed by atoms with Crippen molar-refractivity contribution >= 4 is 88.4 Å². The molecular formula is C16H11Br2Cl3N2O5S. The van der Waals surface area contributed by atoms with E-state index in [9.17, 15) is 23.4 Å². The summed E-state index contributed by atoms with van der Waals surface area (Å²) >= 11 is 24.2. The van der Waals surface area contributed by atoms with Gasteiger partial charge in [-0.05, 0) is 69.1 Å². The molecule has 1 fully saturated rings. The second kappa shape index (κ2) is 7.83. The summed E-state index contributed by atoms with van der Waals surface area (Å²) in [6.45, 7) is 1.11. The molecule has 2 N–H and O–H groups in total. The van der Waals surface area contributed by atoms with Crippen LogP contribution >= 0.6 is 66.7 Å². The highest BCUT2D eigenvalue weighted by Gasteiger charge is 2.58. The Bertz CT molecular complexity index is 1110. The average Bonchev–Trinajstić information content (AvgIpc) is 2.80. The largest absolute Gasteiger partial charge is 0.368 e. The van der Waals surface area contributed by atoms with Gasteiger partial charge < -0.3 is 10.2 Å². The maximum atomic E-state index is 13.1. The van der Waals surface area contributed by atoms with Gasteiger partial charge in [-0.2, -0.15) is 4.31 Å². The molecule has 156 valence electrons. The highest BCUT2D eigenvalue weighted by molar-refractivity contribution is 9.13. The lowest BCUT2D eigenvalue weighted by Gasteiger charge is -2.30. The lowest BCUT2D eigenvalue weighted by atomic mass is 10.2. The fourth-order valence-corrected chi connectivity index (χ4v) is 5.61. The zero-order valence-corrected chi connectivity index (χ0v) is 20.5. The molecule has 1 saturated heterocycles. The van der Waals surface area contributed by atoms with Crippen LogP contribution < -0.4 is 4.90 Å². The molecule has 2 amide bonds. The number of amides is 2. The van der Waals surface area contributed by atoms with Gasteiger partial charge in [0.2, 0.25) is 0 Å². The Morgan fingerprint density at radius 1 is 1.07 bits per heavy atom. The first-order valence-electron chi connectivity index (χ1n) is 7.68. The molecule has 29 heavy (non-hydrogen) atoms. The van der Waals surface area contributed by atoms with E-state index in [-0.39, 0.29) is 25.1 Å². The third kappa shape index (κ3) is 3.78. The van der Waals surface area contributed by atoms with Crippen LogP contribution in [0, 0.1) is 0 Å². The molecule has 2 unspecified atom stereocenters. The van der Waals surface area contributed by atoms with Crippen molar-refractivity contribution in [3.05, 3.63) is 54.3 Å². The summed E-state index contributed by atoms with van der Waals surface area (Å²) in [5.74, 6) is 0. The molecule has 0 radical (unpaired) electrons. The number of nitrogens with zero attached hydrogens (tertiary/aromatic N) is 2. The Kier molecular flexibility index (Phi) is 6.23. The number of benzene rings is 2. The number of carbonyl (C=O) groups is 1. The first-order chi connectivity index (χ1) is 13.3. The molecule has 0 spiro atoms. The molecule has 2 aromatic rings. The van der Waals surface area contributed by atoms with Gasteiger partial charge in [-0.3, -0.25) is 4.90 Å². The summed E-state index contributed by atoms with van der Waals surface area (Å²) in [5, 5.41) is 21.0. The van der Waals surface area contributed by atoms with Crippen molar-refractivity contribution in [2.24, 2.45) is 0 Å². The summed E-state index contributed by atoms with van der Waals surface area (Å²) in [6, 6.07) is 5.37. The molecule has 0 bridgehead atoms. The van der Waals surface area contributed by atoms with Gasteiger partial charge in [0.05, 0.1) is 20.0 Å². The zero-order valence-electron chi connectivity index (χ0n) is 14.3. The Balaban J connectivity index is 2.13. The minimum atomic E-state index is -4.65. The number of rotatable bonds is 3. The second-order valence-electron chi connectivity index (χ2n) is 6.19. The van der Waals surface area contributed by atoms with Crippen LogP contribution in [-0.4, -0.2) is 40.9 Å². The van der Waals surface area contributed by atoms with Crippen LogP contribution in [0.3, 0.4) is 0 Å². The third-order valence-corrected chi connectivity index (χ3v) is 9.00. The van der Waals surface area contributed by atoms with Crippen LogP contribution in [0.4, 0.5) is 10.5 Å². The molecule has 7 nitrogen and oxygen atoms in total. The van der Waals surface area contributed by atoms with Crippen molar-refractivity contribution in [2.75, 3.05) is 4.90 Å². The molecule has 1 aliphatic heterocycles. The smallest absolute Gasteiger partial charge is 0.343 e. The van der Waals surface area contributed by atoms with Gasteiger partial charge >= 0.3 is 6.03 Å². The van der Waals surface area contributed by atoms with Crippen molar-refractivity contribution in [1.82, 2.24) is 4.31 Å². The number of anilines is 1. The number of carbonyl (C=O) groups excluding carboxylic acids is 1. The standard InChI is InChI=1S/C16H11Br2Cl3N2O5S/c1-16(26)14(24)23(15(25)22(16)7-2-3-9(17)10(18)4-7)29(27,28)8-5-11(19)13(21)12(20)6-8/h2-6,14,24,26H,1H3. The van der Waals surface area contributed by atoms with Gasteiger partial charge in [-0.1, -0.05) is 34.8 Å². The van der Waals surface area contributed by atoms with E-state index in [1.54, 1.807) is 6.07 Å². The minimum absolute atomic E-state index is 0.0612. The number of halogens is 5. The minimum Gasteiger partial charge on any atom is -0.368 e. The van der Waals surface area contributed by atoms with Gasteiger partial charge in [0.1, 0.15) is 0 Å². The predicted octanol–water partition coefficient (Wildman–Crippen LogP) is 4.83. The summed E-state index contributed by atoms with van der Waals surface area (Å²) in [7, 11) is -4.65. The number of aliphatic hydroxyl groups excluding tert-OH is 1. The summed E-state index contributed by atoms with van der Waals surface area (Å²) in [4.78, 5) is 13.3. The lowest BCUT2D eigenvalue weighted by Crippen LogP contribution is -2.50. The third-order valence-electron chi connectivity index (χ3n) is 4.22. The van der Waals surface area contributed by atoms with E-state index < -0.39 is 32.9 Å². The van der Waals surface area contributed by atoms with Crippen LogP contribution in [0.15, 0.2) is 44.2 Å². The molecule has 0 aromatic heterocycles. The molecule has 3 rings (SSSR count). The van der Waals surface area contributed by atoms with Gasteiger partial charge in [-0.25, -0.2) is 13.2 Å². The van der Waals surface area contributed by atoms with E-state index in [1.165, 1.54) is 12.1 Å². The fraction of sp³-hybridized carbons (Fsp3) is 0.188. The summed E-state index contributed by atoms with van der Waals surface area (Å²) < 4.78 is 27.6. The molecule has 1 heterocycles. The van der Waals surface area contributed by atoms with E-state index in [4.69, 9.17) is 34.8 Å². The van der Waals surface area contributed by atoms with Gasteiger partial charge in [0, 0.05) is 14.6 Å². The predicted molar refractivity (Wildman–Crippen MR) is 117 cm³/mol. The van der Waals surface area contributed by atoms with Crippen molar-refractivity contribution in [1.29, 1.82) is 0 Å². The first kappa shape index (κ1) is 23.1. The normalized spacial score (nSPS) is 22.5. The molecule has 0 aliphatic carbocycles. The Morgan fingerprint density at radius 3 is 2.14 bits per heavy atom. The Labute approximate surface area is 198 Å². The average molecular weight is 610 g/mol.